The topological polar surface area (TPSA) is 73.6 Å². The SMILES string of the molecule is CC1(C)COP(=O)(NCCCCCCN)OC1. The first-order valence-electron chi connectivity index (χ1n) is 6.32. The van der Waals surface area contributed by atoms with E-state index < -0.39 is 7.75 Å². The molecular formula is C11H25N2O3P. The summed E-state index contributed by atoms with van der Waals surface area (Å²) in [5.41, 5.74) is 5.36. The van der Waals surface area contributed by atoms with Crippen LogP contribution in [0.3, 0.4) is 0 Å². The Morgan fingerprint density at radius 2 is 1.76 bits per heavy atom. The minimum Gasteiger partial charge on any atom is -0.330 e. The second-order valence-electron chi connectivity index (χ2n) is 5.32. The summed E-state index contributed by atoms with van der Waals surface area (Å²) in [7, 11) is -3.02. The van der Waals surface area contributed by atoms with Gasteiger partial charge < -0.3 is 5.73 Å². The van der Waals surface area contributed by atoms with Crippen LogP contribution in [0.15, 0.2) is 0 Å². The summed E-state index contributed by atoms with van der Waals surface area (Å²) in [6, 6.07) is 0. The van der Waals surface area contributed by atoms with Gasteiger partial charge in [-0.2, -0.15) is 0 Å². The van der Waals surface area contributed by atoms with E-state index in [1.54, 1.807) is 0 Å². The van der Waals surface area contributed by atoms with Gasteiger partial charge in [0.05, 0.1) is 13.2 Å². The Kier molecular flexibility index (Phi) is 6.10. The van der Waals surface area contributed by atoms with Crippen molar-refractivity contribution in [2.75, 3.05) is 26.3 Å². The predicted octanol–water partition coefficient (Wildman–Crippen LogP) is 2.28. The molecule has 0 radical (unpaired) electrons. The Morgan fingerprint density at radius 1 is 1.18 bits per heavy atom. The van der Waals surface area contributed by atoms with Crippen molar-refractivity contribution in [3.8, 4) is 0 Å². The summed E-state index contributed by atoms with van der Waals surface area (Å²) in [4.78, 5) is 0. The van der Waals surface area contributed by atoms with Gasteiger partial charge in [0.2, 0.25) is 0 Å². The third kappa shape index (κ3) is 5.98. The van der Waals surface area contributed by atoms with Crippen LogP contribution in [0.4, 0.5) is 0 Å². The van der Waals surface area contributed by atoms with E-state index in [-0.39, 0.29) is 5.41 Å². The summed E-state index contributed by atoms with van der Waals surface area (Å²) in [6.45, 7) is 6.43. The van der Waals surface area contributed by atoms with E-state index >= 15 is 0 Å². The molecular weight excluding hydrogens is 239 g/mol. The van der Waals surface area contributed by atoms with Crippen molar-refractivity contribution in [3.63, 3.8) is 0 Å². The van der Waals surface area contributed by atoms with Gasteiger partial charge in [0.25, 0.3) is 0 Å². The Labute approximate surface area is 104 Å². The molecule has 17 heavy (non-hydrogen) atoms. The number of rotatable bonds is 7. The molecule has 0 aromatic rings. The normalized spacial score (nSPS) is 22.5. The van der Waals surface area contributed by atoms with Crippen LogP contribution in [-0.2, 0) is 13.6 Å². The van der Waals surface area contributed by atoms with Gasteiger partial charge in [0, 0.05) is 12.0 Å². The van der Waals surface area contributed by atoms with Crippen molar-refractivity contribution in [2.45, 2.75) is 39.5 Å². The Morgan fingerprint density at radius 3 is 2.35 bits per heavy atom. The van der Waals surface area contributed by atoms with Crippen molar-refractivity contribution in [1.29, 1.82) is 0 Å². The molecule has 1 aliphatic heterocycles. The van der Waals surface area contributed by atoms with E-state index in [4.69, 9.17) is 14.8 Å². The molecule has 0 aromatic carbocycles. The molecule has 102 valence electrons. The quantitative estimate of drug-likeness (QED) is 0.545. The van der Waals surface area contributed by atoms with Crippen LogP contribution in [0, 0.1) is 5.41 Å². The Bertz CT molecular complexity index is 257. The molecule has 1 fully saturated rings. The highest BCUT2D eigenvalue weighted by Crippen LogP contribution is 2.49. The van der Waals surface area contributed by atoms with E-state index in [1.165, 1.54) is 0 Å². The fraction of sp³-hybridized carbons (Fsp3) is 1.00. The van der Waals surface area contributed by atoms with Crippen LogP contribution >= 0.6 is 7.75 Å². The minimum absolute atomic E-state index is 0.0449. The highest BCUT2D eigenvalue weighted by Gasteiger charge is 2.36. The van der Waals surface area contributed by atoms with Crippen molar-refractivity contribution in [2.24, 2.45) is 11.1 Å². The highest BCUT2D eigenvalue weighted by molar-refractivity contribution is 7.51. The number of nitrogens with one attached hydrogen (secondary N) is 1. The van der Waals surface area contributed by atoms with Crippen molar-refractivity contribution in [1.82, 2.24) is 5.09 Å². The zero-order chi connectivity index (χ0) is 12.8. The Balaban J connectivity index is 2.12. The molecule has 1 aliphatic rings. The summed E-state index contributed by atoms with van der Waals surface area (Å²) < 4.78 is 22.7. The average Bonchev–Trinajstić information content (AvgIpc) is 2.28. The lowest BCUT2D eigenvalue weighted by Crippen LogP contribution is -2.33. The van der Waals surface area contributed by atoms with Gasteiger partial charge in [-0.1, -0.05) is 26.7 Å². The molecule has 0 saturated carbocycles. The second kappa shape index (κ2) is 6.86. The maximum atomic E-state index is 12.0. The molecule has 1 rings (SSSR count). The molecule has 3 N–H and O–H groups in total. The lowest BCUT2D eigenvalue weighted by atomic mass is 9.97. The summed E-state index contributed by atoms with van der Waals surface area (Å²) >= 11 is 0. The summed E-state index contributed by atoms with van der Waals surface area (Å²) in [5, 5.41) is 2.89. The van der Waals surface area contributed by atoms with Crippen molar-refractivity contribution >= 4 is 7.75 Å². The fourth-order valence-electron chi connectivity index (χ4n) is 1.53. The van der Waals surface area contributed by atoms with Crippen LogP contribution in [0.5, 0.6) is 0 Å². The Hall–Kier alpha value is 0.0700. The molecule has 0 spiro atoms. The number of nitrogens with two attached hydrogens (primary N) is 1. The fourth-order valence-corrected chi connectivity index (χ4v) is 3.26. The number of hydrogen-bond donors (Lipinski definition) is 2. The van der Waals surface area contributed by atoms with Gasteiger partial charge in [0.15, 0.2) is 0 Å². The van der Waals surface area contributed by atoms with E-state index in [2.05, 4.69) is 5.09 Å². The largest absolute Gasteiger partial charge is 0.405 e. The average molecular weight is 264 g/mol. The molecule has 0 aromatic heterocycles. The summed E-state index contributed by atoms with van der Waals surface area (Å²) in [6.07, 6.45) is 4.24. The van der Waals surface area contributed by atoms with Gasteiger partial charge in [-0.05, 0) is 19.4 Å². The van der Waals surface area contributed by atoms with E-state index in [1.807, 2.05) is 13.8 Å². The lowest BCUT2D eigenvalue weighted by Gasteiger charge is -2.33. The van der Waals surface area contributed by atoms with Gasteiger partial charge in [-0.25, -0.2) is 9.65 Å². The maximum absolute atomic E-state index is 12.0. The van der Waals surface area contributed by atoms with Gasteiger partial charge in [-0.3, -0.25) is 9.05 Å². The smallest absolute Gasteiger partial charge is 0.330 e. The molecule has 0 bridgehead atoms. The van der Waals surface area contributed by atoms with Crippen LogP contribution in [0.2, 0.25) is 0 Å². The van der Waals surface area contributed by atoms with E-state index in [9.17, 15) is 4.57 Å². The number of unbranched alkanes of at least 4 members (excludes halogenated alkanes) is 3. The van der Waals surface area contributed by atoms with Crippen molar-refractivity contribution in [3.05, 3.63) is 0 Å². The molecule has 0 unspecified atom stereocenters. The highest BCUT2D eigenvalue weighted by atomic mass is 31.2. The first kappa shape index (κ1) is 15.1. The molecule has 6 heteroatoms. The lowest BCUT2D eigenvalue weighted by molar-refractivity contribution is 0.0372. The first-order chi connectivity index (χ1) is 7.97. The molecule has 1 saturated heterocycles. The predicted molar refractivity (Wildman–Crippen MR) is 68.8 cm³/mol. The molecule has 5 nitrogen and oxygen atoms in total. The molecule has 0 amide bonds. The molecule has 0 atom stereocenters. The summed E-state index contributed by atoms with van der Waals surface area (Å²) in [5.74, 6) is 0. The minimum atomic E-state index is -3.02. The van der Waals surface area contributed by atoms with Gasteiger partial charge in [-0.15, -0.1) is 0 Å². The van der Waals surface area contributed by atoms with E-state index in [0.717, 1.165) is 32.2 Å². The third-order valence-electron chi connectivity index (χ3n) is 2.69. The standard InChI is InChI=1S/C11H25N2O3P/c1-11(2)9-15-17(14,16-10-11)13-8-6-4-3-5-7-12/h3-10,12H2,1-2H3,(H,13,14). The van der Waals surface area contributed by atoms with Crippen LogP contribution < -0.4 is 10.8 Å². The van der Waals surface area contributed by atoms with Crippen LogP contribution in [-0.4, -0.2) is 26.3 Å². The van der Waals surface area contributed by atoms with Crippen LogP contribution in [0.25, 0.3) is 0 Å². The maximum Gasteiger partial charge on any atom is 0.405 e. The van der Waals surface area contributed by atoms with E-state index in [0.29, 0.717) is 19.8 Å². The second-order valence-corrected chi connectivity index (χ2v) is 7.15. The molecule has 1 heterocycles. The van der Waals surface area contributed by atoms with Gasteiger partial charge >= 0.3 is 7.75 Å². The zero-order valence-electron chi connectivity index (χ0n) is 10.9. The molecule has 0 aliphatic carbocycles. The number of hydrogen-bond acceptors (Lipinski definition) is 4. The third-order valence-corrected chi connectivity index (χ3v) is 4.24. The van der Waals surface area contributed by atoms with Crippen molar-refractivity contribution < 1.29 is 13.6 Å². The van der Waals surface area contributed by atoms with Gasteiger partial charge in [0.1, 0.15) is 0 Å². The zero-order valence-corrected chi connectivity index (χ0v) is 11.8. The van der Waals surface area contributed by atoms with Crippen LogP contribution in [0.1, 0.15) is 39.5 Å². The first-order valence-corrected chi connectivity index (χ1v) is 7.86. The monoisotopic (exact) mass is 264 g/mol.